The Balaban J connectivity index is 2.48. The van der Waals surface area contributed by atoms with E-state index in [0.717, 1.165) is 28.1 Å². The quantitative estimate of drug-likeness (QED) is 0.412. The van der Waals surface area contributed by atoms with E-state index in [-0.39, 0.29) is 5.97 Å². The van der Waals surface area contributed by atoms with Gasteiger partial charge in [-0.1, -0.05) is 12.7 Å². The van der Waals surface area contributed by atoms with Crippen molar-refractivity contribution in [1.29, 1.82) is 0 Å². The third kappa shape index (κ3) is 3.98. The molecule has 128 valence electrons. The van der Waals surface area contributed by atoms with Crippen molar-refractivity contribution in [1.82, 2.24) is 9.97 Å². The van der Waals surface area contributed by atoms with Crippen LogP contribution in [0.3, 0.4) is 0 Å². The Bertz CT molecular complexity index is 755. The molecular formula is C17H23N4O2S+. The number of carbonyl (C=O) groups excluding carboxylic acids is 1. The van der Waals surface area contributed by atoms with E-state index in [1.807, 2.05) is 13.0 Å². The predicted molar refractivity (Wildman–Crippen MR) is 97.5 cm³/mol. The van der Waals surface area contributed by atoms with Crippen LogP contribution in [0.15, 0.2) is 25.3 Å². The van der Waals surface area contributed by atoms with Crippen LogP contribution < -0.4 is 10.6 Å². The number of quaternary nitrogens is 1. The highest BCUT2D eigenvalue weighted by atomic mass is 32.1. The highest BCUT2D eigenvalue weighted by molar-refractivity contribution is 7.20. The van der Waals surface area contributed by atoms with Crippen molar-refractivity contribution in [3.05, 3.63) is 41.6 Å². The average molecular weight is 347 g/mol. The van der Waals surface area contributed by atoms with Gasteiger partial charge in [-0.3, -0.25) is 0 Å². The first-order valence-electron chi connectivity index (χ1n) is 7.86. The largest absolute Gasteiger partial charge is 0.462 e. The summed E-state index contributed by atoms with van der Waals surface area (Å²) in [5.74, 6) is 1.13. The van der Waals surface area contributed by atoms with Gasteiger partial charge in [0.05, 0.1) is 18.5 Å². The number of nitrogens with zero attached hydrogens (tertiary/aromatic N) is 2. The Hall–Kier alpha value is -2.25. The number of carbonyl (C=O) groups is 1. The highest BCUT2D eigenvalue weighted by Gasteiger charge is 2.21. The number of nitrogens with one attached hydrogen (secondary N) is 1. The summed E-state index contributed by atoms with van der Waals surface area (Å²) in [7, 11) is 0. The fraction of sp³-hybridized carbons (Fsp3) is 0.353. The zero-order valence-electron chi connectivity index (χ0n) is 14.1. The van der Waals surface area contributed by atoms with Crippen molar-refractivity contribution in [3.63, 3.8) is 0 Å². The first-order valence-corrected chi connectivity index (χ1v) is 8.68. The van der Waals surface area contributed by atoms with Crippen LogP contribution in [0.25, 0.3) is 10.2 Å². The van der Waals surface area contributed by atoms with Gasteiger partial charge in [0.15, 0.2) is 5.82 Å². The summed E-state index contributed by atoms with van der Waals surface area (Å²) >= 11 is 1.35. The number of anilines is 1. The number of fused-ring (bicyclic) bond motifs is 1. The Morgan fingerprint density at radius 2 is 2.17 bits per heavy atom. The van der Waals surface area contributed by atoms with Gasteiger partial charge in [0, 0.05) is 6.54 Å². The number of nitrogens with two attached hydrogens (primary N) is 1. The molecule has 0 aliphatic heterocycles. The van der Waals surface area contributed by atoms with Crippen molar-refractivity contribution >= 4 is 33.3 Å². The summed E-state index contributed by atoms with van der Waals surface area (Å²) in [5, 5.41) is 6.18. The summed E-state index contributed by atoms with van der Waals surface area (Å²) in [6.07, 6.45) is 3.61. The van der Waals surface area contributed by atoms with Gasteiger partial charge in [-0.05, 0) is 25.5 Å². The van der Waals surface area contributed by atoms with E-state index in [1.54, 1.807) is 13.0 Å². The minimum absolute atomic E-state index is 0.313. The molecule has 0 saturated carbocycles. The maximum absolute atomic E-state index is 12.1. The molecule has 0 bridgehead atoms. The Morgan fingerprint density at radius 3 is 2.83 bits per heavy atom. The minimum atomic E-state index is -0.313. The Labute approximate surface area is 145 Å². The number of esters is 1. The second kappa shape index (κ2) is 8.56. The van der Waals surface area contributed by atoms with Crippen LogP contribution in [0, 0.1) is 6.92 Å². The first kappa shape index (κ1) is 18.1. The van der Waals surface area contributed by atoms with Crippen LogP contribution in [0.4, 0.5) is 5.82 Å². The molecule has 0 aromatic carbocycles. The van der Waals surface area contributed by atoms with Gasteiger partial charge in [-0.15, -0.1) is 17.9 Å². The lowest BCUT2D eigenvalue weighted by molar-refractivity contribution is -0.663. The number of hydrogen-bond acceptors (Lipinski definition) is 6. The van der Waals surface area contributed by atoms with Crippen molar-refractivity contribution in [2.24, 2.45) is 0 Å². The van der Waals surface area contributed by atoms with Crippen LogP contribution in [0.5, 0.6) is 0 Å². The van der Waals surface area contributed by atoms with Gasteiger partial charge in [-0.25, -0.2) is 14.8 Å². The van der Waals surface area contributed by atoms with E-state index in [2.05, 4.69) is 33.8 Å². The van der Waals surface area contributed by atoms with Crippen molar-refractivity contribution in [2.45, 2.75) is 20.4 Å². The monoisotopic (exact) mass is 347 g/mol. The minimum Gasteiger partial charge on any atom is -0.462 e. The zero-order valence-corrected chi connectivity index (χ0v) is 14.9. The van der Waals surface area contributed by atoms with Crippen molar-refractivity contribution in [3.8, 4) is 0 Å². The summed E-state index contributed by atoms with van der Waals surface area (Å²) in [4.78, 5) is 22.7. The van der Waals surface area contributed by atoms with E-state index in [0.29, 0.717) is 30.4 Å². The number of thiophene rings is 1. The number of aryl methyl sites for hydroxylation is 1. The van der Waals surface area contributed by atoms with E-state index in [1.165, 1.54) is 11.3 Å². The second-order valence-electron chi connectivity index (χ2n) is 5.13. The highest BCUT2D eigenvalue weighted by Crippen LogP contribution is 2.34. The molecule has 3 N–H and O–H groups in total. The molecule has 0 aliphatic rings. The van der Waals surface area contributed by atoms with Gasteiger partial charge in [0.2, 0.25) is 0 Å². The van der Waals surface area contributed by atoms with Crippen LogP contribution in [-0.2, 0) is 11.3 Å². The van der Waals surface area contributed by atoms with Gasteiger partial charge in [-0.2, -0.15) is 0 Å². The number of rotatable bonds is 9. The van der Waals surface area contributed by atoms with Crippen molar-refractivity contribution in [2.75, 3.05) is 25.0 Å². The molecule has 0 aliphatic carbocycles. The van der Waals surface area contributed by atoms with Gasteiger partial charge >= 0.3 is 5.97 Å². The average Bonchev–Trinajstić information content (AvgIpc) is 2.90. The maximum atomic E-state index is 12.1. The molecule has 24 heavy (non-hydrogen) atoms. The van der Waals surface area contributed by atoms with E-state index < -0.39 is 0 Å². The molecule has 2 aromatic rings. The molecule has 2 aromatic heterocycles. The topological polar surface area (TPSA) is 80.7 Å². The molecule has 0 amide bonds. The molecule has 2 heterocycles. The first-order chi connectivity index (χ1) is 11.6. The molecule has 0 radical (unpaired) electrons. The molecule has 2 rings (SSSR count). The van der Waals surface area contributed by atoms with Crippen LogP contribution in [0.1, 0.15) is 28.0 Å². The molecule has 0 spiro atoms. The van der Waals surface area contributed by atoms with Crippen LogP contribution in [-0.4, -0.2) is 35.6 Å². The van der Waals surface area contributed by atoms with Gasteiger partial charge in [0.1, 0.15) is 22.1 Å². The second-order valence-corrected chi connectivity index (χ2v) is 6.13. The Kier molecular flexibility index (Phi) is 6.45. The molecule has 0 fully saturated rings. The number of ether oxygens (including phenoxy) is 1. The summed E-state index contributed by atoms with van der Waals surface area (Å²) in [5.41, 5.74) is 0.849. The normalized spacial score (nSPS) is 10.6. The molecule has 0 saturated heterocycles. The summed E-state index contributed by atoms with van der Waals surface area (Å²) in [6.45, 7) is 13.5. The molecule has 0 unspecified atom stereocenters. The van der Waals surface area contributed by atoms with Crippen molar-refractivity contribution < 1.29 is 14.8 Å². The smallest absolute Gasteiger partial charge is 0.348 e. The number of hydrogen-bond donors (Lipinski definition) is 2. The van der Waals surface area contributed by atoms with E-state index in [9.17, 15) is 4.79 Å². The van der Waals surface area contributed by atoms with Crippen LogP contribution in [0.2, 0.25) is 0 Å². The van der Waals surface area contributed by atoms with Crippen LogP contribution >= 0.6 is 11.3 Å². The Morgan fingerprint density at radius 1 is 1.38 bits per heavy atom. The maximum Gasteiger partial charge on any atom is 0.348 e. The molecule has 0 atom stereocenters. The number of aromatic nitrogens is 2. The molecular weight excluding hydrogens is 324 g/mol. The summed E-state index contributed by atoms with van der Waals surface area (Å²) < 4.78 is 5.14. The fourth-order valence-corrected chi connectivity index (χ4v) is 3.39. The SMILES string of the molecule is C=CCNc1nc(C[NH2+]CC=C)nc2sc(C(=O)OCC)c(C)c12. The lowest BCUT2D eigenvalue weighted by Gasteiger charge is -2.07. The van der Waals surface area contributed by atoms with E-state index >= 15 is 0 Å². The standard InChI is InChI=1S/C17H22N4O2S/c1-5-8-18-10-12-20-15(19-9-6-2)13-11(4)14(17(22)23-7-3)24-16(13)21-12/h5-6,18H,1-2,7-10H2,3-4H3,(H,19,20,21)/p+1. The van der Waals surface area contributed by atoms with E-state index in [4.69, 9.17) is 4.74 Å². The zero-order chi connectivity index (χ0) is 17.5. The lowest BCUT2D eigenvalue weighted by atomic mass is 10.2. The molecule has 6 nitrogen and oxygen atoms in total. The summed E-state index contributed by atoms with van der Waals surface area (Å²) in [6, 6.07) is 0. The fourth-order valence-electron chi connectivity index (χ4n) is 2.29. The lowest BCUT2D eigenvalue weighted by Crippen LogP contribution is -2.82. The van der Waals surface area contributed by atoms with Gasteiger partial charge < -0.3 is 15.4 Å². The van der Waals surface area contributed by atoms with Gasteiger partial charge in [0.25, 0.3) is 0 Å². The predicted octanol–water partition coefficient (Wildman–Crippen LogP) is 2.02. The molecule has 7 heteroatoms. The third-order valence-corrected chi connectivity index (χ3v) is 4.54. The third-order valence-electron chi connectivity index (χ3n) is 3.37.